The van der Waals surface area contributed by atoms with E-state index in [0.717, 1.165) is 45.5 Å². The van der Waals surface area contributed by atoms with Crippen molar-refractivity contribution in [2.45, 2.75) is 57.8 Å². The van der Waals surface area contributed by atoms with E-state index in [0.29, 0.717) is 54.0 Å². The summed E-state index contributed by atoms with van der Waals surface area (Å²) in [6.07, 6.45) is 1.77. The van der Waals surface area contributed by atoms with E-state index in [1.807, 2.05) is 37.3 Å². The van der Waals surface area contributed by atoms with Crippen LogP contribution in [0.2, 0.25) is 0 Å². The van der Waals surface area contributed by atoms with Crippen molar-refractivity contribution < 1.29 is 34.0 Å². The van der Waals surface area contributed by atoms with Gasteiger partial charge in [0.15, 0.2) is 17.8 Å². The first-order chi connectivity index (χ1) is 23.2. The molecule has 3 aliphatic rings. The van der Waals surface area contributed by atoms with Crippen LogP contribution in [-0.2, 0) is 12.8 Å². The minimum atomic E-state index is -0.498. The third kappa shape index (κ3) is 4.55. The molecule has 11 nitrogen and oxygen atoms in total. The maximum atomic E-state index is 13.6. The zero-order valence-corrected chi connectivity index (χ0v) is 28.1. The number of methoxy groups -OCH3 is 3. The second-order valence-electron chi connectivity index (χ2n) is 13.0. The number of carbonyl (C=O) groups is 2. The van der Waals surface area contributed by atoms with Crippen molar-refractivity contribution in [2.75, 3.05) is 41.0 Å². The normalized spacial score (nSPS) is 21.6. The minimum absolute atomic E-state index is 0.0540. The Morgan fingerprint density at radius 2 is 1.67 bits per heavy atom. The van der Waals surface area contributed by atoms with Crippen LogP contribution in [0.1, 0.15) is 73.2 Å². The number of nitrogens with one attached hydrogen (secondary N) is 2. The number of rotatable bonds is 8. The van der Waals surface area contributed by atoms with E-state index < -0.39 is 6.04 Å². The van der Waals surface area contributed by atoms with Crippen molar-refractivity contribution in [1.29, 1.82) is 0 Å². The molecule has 4 atom stereocenters. The SMILES string of the molecule is CCN1C2Cc3c(OC)c(C)c(OC)c(O)c3C1C1Cc3c(OC)c(C)c(C=O)c(O)c3[C@H](CNC(=O)c3cc4ccccc4[nH]3)N1C2. The van der Waals surface area contributed by atoms with E-state index in [-0.39, 0.29) is 47.6 Å². The van der Waals surface area contributed by atoms with E-state index in [1.54, 1.807) is 28.3 Å². The molecule has 1 fully saturated rings. The van der Waals surface area contributed by atoms with Gasteiger partial charge in [-0.1, -0.05) is 25.1 Å². The Hall–Kier alpha value is -4.74. The first kappa shape index (κ1) is 31.8. The van der Waals surface area contributed by atoms with Crippen molar-refractivity contribution in [1.82, 2.24) is 20.1 Å². The summed E-state index contributed by atoms with van der Waals surface area (Å²) in [4.78, 5) is 33.9. The van der Waals surface area contributed by atoms with Crippen molar-refractivity contribution in [3.05, 3.63) is 75.0 Å². The molecule has 4 N–H and O–H groups in total. The molecule has 3 aliphatic heterocycles. The Kier molecular flexibility index (Phi) is 7.99. The summed E-state index contributed by atoms with van der Waals surface area (Å²) in [7, 11) is 4.77. The number of aromatic amines is 1. The molecule has 0 saturated carbocycles. The van der Waals surface area contributed by atoms with Crippen LogP contribution in [0.15, 0.2) is 30.3 Å². The molecule has 7 rings (SSSR count). The third-order valence-electron chi connectivity index (χ3n) is 10.9. The number of phenols is 2. The molecule has 1 amide bonds. The Balaban J connectivity index is 1.38. The summed E-state index contributed by atoms with van der Waals surface area (Å²) in [5.41, 5.74) is 5.91. The number of hydrogen-bond donors (Lipinski definition) is 4. The molecule has 4 heterocycles. The zero-order valence-electron chi connectivity index (χ0n) is 28.1. The van der Waals surface area contributed by atoms with Crippen molar-refractivity contribution >= 4 is 23.1 Å². The summed E-state index contributed by atoms with van der Waals surface area (Å²) < 4.78 is 17.6. The van der Waals surface area contributed by atoms with Gasteiger partial charge < -0.3 is 34.7 Å². The average Bonchev–Trinajstić information content (AvgIpc) is 3.52. The summed E-state index contributed by atoms with van der Waals surface area (Å²) >= 11 is 0. The van der Waals surface area contributed by atoms with Gasteiger partial charge in [-0.25, -0.2) is 0 Å². The van der Waals surface area contributed by atoms with Gasteiger partial charge in [-0.05, 0) is 45.4 Å². The quantitative estimate of drug-likeness (QED) is 0.199. The molecule has 2 bridgehead atoms. The number of H-pyrrole nitrogens is 1. The lowest BCUT2D eigenvalue weighted by molar-refractivity contribution is -0.0586. The number of likely N-dealkylation sites (N-methyl/N-ethyl adjacent to an activating group) is 1. The number of aromatic hydroxyl groups is 2. The van der Waals surface area contributed by atoms with E-state index in [4.69, 9.17) is 14.2 Å². The number of phenolic OH excluding ortho intramolecular Hbond substituents is 2. The molecule has 3 aromatic carbocycles. The predicted molar refractivity (Wildman–Crippen MR) is 181 cm³/mol. The predicted octanol–water partition coefficient (Wildman–Crippen LogP) is 4.73. The molecular formula is C37H42N4O7. The Labute approximate surface area is 279 Å². The highest BCUT2D eigenvalue weighted by Crippen LogP contribution is 2.57. The monoisotopic (exact) mass is 654 g/mol. The second kappa shape index (κ2) is 12.1. The maximum Gasteiger partial charge on any atom is 0.267 e. The highest BCUT2D eigenvalue weighted by Gasteiger charge is 2.53. The van der Waals surface area contributed by atoms with Gasteiger partial charge in [0.05, 0.1) is 39.0 Å². The molecule has 1 saturated heterocycles. The van der Waals surface area contributed by atoms with Crippen LogP contribution in [-0.4, -0.2) is 90.2 Å². The van der Waals surface area contributed by atoms with Crippen molar-refractivity contribution in [2.24, 2.45) is 0 Å². The van der Waals surface area contributed by atoms with Gasteiger partial charge in [0.1, 0.15) is 22.9 Å². The lowest BCUT2D eigenvalue weighted by Gasteiger charge is -2.59. The van der Waals surface area contributed by atoms with Crippen LogP contribution in [0.3, 0.4) is 0 Å². The fraction of sp³-hybridized carbons (Fsp3) is 0.405. The summed E-state index contributed by atoms with van der Waals surface area (Å²) in [6, 6.07) is 8.63. The Bertz CT molecular complexity index is 1920. The Morgan fingerprint density at radius 1 is 0.979 bits per heavy atom. The zero-order chi connectivity index (χ0) is 34.0. The molecule has 0 aliphatic carbocycles. The molecular weight excluding hydrogens is 612 g/mol. The molecule has 11 heteroatoms. The topological polar surface area (TPSA) is 137 Å². The molecule has 48 heavy (non-hydrogen) atoms. The summed E-state index contributed by atoms with van der Waals surface area (Å²) in [5, 5.41) is 27.6. The number of ether oxygens (including phenoxy) is 3. The minimum Gasteiger partial charge on any atom is -0.507 e. The van der Waals surface area contributed by atoms with Crippen LogP contribution in [0.5, 0.6) is 28.7 Å². The number of nitrogens with zero attached hydrogens (tertiary/aromatic N) is 2. The third-order valence-corrected chi connectivity index (χ3v) is 10.9. The van der Waals surface area contributed by atoms with E-state index in [1.165, 1.54) is 0 Å². The number of piperazine rings is 1. The number of amides is 1. The fourth-order valence-corrected chi connectivity index (χ4v) is 8.87. The van der Waals surface area contributed by atoms with E-state index >= 15 is 0 Å². The molecule has 0 spiro atoms. The summed E-state index contributed by atoms with van der Waals surface area (Å²) in [6.45, 7) is 7.34. The smallest absolute Gasteiger partial charge is 0.267 e. The van der Waals surface area contributed by atoms with Gasteiger partial charge in [0.2, 0.25) is 0 Å². The fourth-order valence-electron chi connectivity index (χ4n) is 8.87. The maximum absolute atomic E-state index is 13.6. The lowest BCUT2D eigenvalue weighted by Crippen LogP contribution is -2.65. The molecule has 252 valence electrons. The van der Waals surface area contributed by atoms with Gasteiger partial charge in [-0.15, -0.1) is 0 Å². The number of benzene rings is 3. The van der Waals surface area contributed by atoms with Crippen LogP contribution < -0.4 is 19.5 Å². The molecule has 3 unspecified atom stereocenters. The van der Waals surface area contributed by atoms with E-state index in [2.05, 4.69) is 27.0 Å². The summed E-state index contributed by atoms with van der Waals surface area (Å²) in [5.74, 6) is 1.39. The van der Waals surface area contributed by atoms with Crippen molar-refractivity contribution in [3.63, 3.8) is 0 Å². The number of aromatic nitrogens is 1. The van der Waals surface area contributed by atoms with Gasteiger partial charge >= 0.3 is 0 Å². The van der Waals surface area contributed by atoms with Crippen LogP contribution >= 0.6 is 0 Å². The highest BCUT2D eigenvalue weighted by molar-refractivity contribution is 5.98. The second-order valence-corrected chi connectivity index (χ2v) is 13.0. The molecule has 4 aromatic rings. The van der Waals surface area contributed by atoms with Gasteiger partial charge in [-0.2, -0.15) is 0 Å². The van der Waals surface area contributed by atoms with Gasteiger partial charge in [-0.3, -0.25) is 19.4 Å². The number of hydrogen-bond acceptors (Lipinski definition) is 9. The number of carbonyl (C=O) groups excluding carboxylic acids is 2. The first-order valence-corrected chi connectivity index (χ1v) is 16.4. The van der Waals surface area contributed by atoms with Crippen LogP contribution in [0.4, 0.5) is 0 Å². The Morgan fingerprint density at radius 3 is 2.33 bits per heavy atom. The van der Waals surface area contributed by atoms with Crippen LogP contribution in [0, 0.1) is 13.8 Å². The average molecular weight is 655 g/mol. The van der Waals surface area contributed by atoms with Gasteiger partial charge in [0, 0.05) is 69.5 Å². The lowest BCUT2D eigenvalue weighted by atomic mass is 9.73. The standard InChI is InChI=1S/C37H42N4O7/c1-7-40-21-13-22-30(33(44)36(48-6)19(3)35(22)47-5)31(40)27-14-23-29(32(43)24(17-42)18(2)34(23)46-4)28(41(27)16-21)15-38-37(45)26-12-20-10-8-9-11-25(20)39-26/h8-12,17,21,27-28,31,39,43-44H,7,13-16H2,1-6H3,(H,38,45)/t21?,27?,28-,31?/m0/s1. The van der Waals surface area contributed by atoms with E-state index in [9.17, 15) is 19.8 Å². The molecule has 0 radical (unpaired) electrons. The largest absolute Gasteiger partial charge is 0.507 e. The molecule has 1 aromatic heterocycles. The first-order valence-electron chi connectivity index (χ1n) is 16.4. The van der Waals surface area contributed by atoms with Crippen LogP contribution in [0.25, 0.3) is 10.9 Å². The number of fused-ring (bicyclic) bond motifs is 8. The van der Waals surface area contributed by atoms with Crippen molar-refractivity contribution in [3.8, 4) is 28.7 Å². The van der Waals surface area contributed by atoms with Gasteiger partial charge in [0.25, 0.3) is 5.91 Å². The highest BCUT2D eigenvalue weighted by atomic mass is 16.5. The number of para-hydroxylation sites is 1. The number of aldehydes is 1.